The molecule has 0 aromatic carbocycles. The number of aryl methyl sites for hydroxylation is 1. The topological polar surface area (TPSA) is 68.5 Å². The third-order valence-electron chi connectivity index (χ3n) is 1.92. The van der Waals surface area contributed by atoms with Crippen molar-refractivity contribution < 1.29 is 18.7 Å². The highest BCUT2D eigenvalue weighted by molar-refractivity contribution is 5.90. The Labute approximate surface area is 87.4 Å². The average Bonchev–Trinajstić information content (AvgIpc) is 2.64. The van der Waals surface area contributed by atoms with Crippen LogP contribution in [0.25, 0.3) is 0 Å². The molecule has 0 aliphatic heterocycles. The highest BCUT2D eigenvalue weighted by atomic mass is 16.5. The third kappa shape index (κ3) is 3.12. The van der Waals surface area contributed by atoms with Crippen LogP contribution in [0, 0.1) is 6.92 Å². The average molecular weight is 211 g/mol. The summed E-state index contributed by atoms with van der Waals surface area (Å²) in [6, 6.07) is 1.54. The Hall–Kier alpha value is -1.78. The smallest absolute Gasteiger partial charge is 0.341 e. The second kappa shape index (κ2) is 5.19. The largest absolute Gasteiger partial charge is 0.469 e. The van der Waals surface area contributed by atoms with Crippen molar-refractivity contribution in [2.45, 2.75) is 13.3 Å². The van der Waals surface area contributed by atoms with E-state index in [0.717, 1.165) is 0 Å². The number of amides is 1. The lowest BCUT2D eigenvalue weighted by atomic mass is 10.3. The molecule has 1 aromatic rings. The molecule has 5 nitrogen and oxygen atoms in total. The van der Waals surface area contributed by atoms with E-state index in [9.17, 15) is 9.59 Å². The van der Waals surface area contributed by atoms with Gasteiger partial charge in [0, 0.05) is 7.05 Å². The molecule has 0 aliphatic rings. The van der Waals surface area contributed by atoms with Crippen LogP contribution in [0.5, 0.6) is 0 Å². The highest BCUT2D eigenvalue weighted by Crippen LogP contribution is 2.09. The minimum absolute atomic E-state index is 0.0725. The van der Waals surface area contributed by atoms with Gasteiger partial charge >= 0.3 is 5.97 Å². The SMILES string of the molecule is CNC(=O)CCOC(=O)c1ccoc1C. The molecule has 1 heterocycles. The van der Waals surface area contributed by atoms with Gasteiger partial charge in [-0.05, 0) is 13.0 Å². The van der Waals surface area contributed by atoms with Crippen LogP contribution >= 0.6 is 0 Å². The summed E-state index contributed by atoms with van der Waals surface area (Å²) < 4.78 is 9.83. The molecule has 1 N–H and O–H groups in total. The van der Waals surface area contributed by atoms with Crippen LogP contribution in [0.15, 0.2) is 16.7 Å². The molecule has 0 bridgehead atoms. The Kier molecular flexibility index (Phi) is 3.91. The van der Waals surface area contributed by atoms with Crippen molar-refractivity contribution in [3.8, 4) is 0 Å². The van der Waals surface area contributed by atoms with Gasteiger partial charge in [-0.1, -0.05) is 0 Å². The maximum atomic E-state index is 11.4. The van der Waals surface area contributed by atoms with Crippen molar-refractivity contribution in [3.63, 3.8) is 0 Å². The van der Waals surface area contributed by atoms with E-state index in [1.807, 2.05) is 0 Å². The molecule has 0 unspecified atom stereocenters. The molecule has 0 saturated heterocycles. The van der Waals surface area contributed by atoms with E-state index >= 15 is 0 Å². The van der Waals surface area contributed by atoms with Crippen molar-refractivity contribution in [1.29, 1.82) is 0 Å². The van der Waals surface area contributed by atoms with Crippen LogP contribution in [-0.2, 0) is 9.53 Å². The van der Waals surface area contributed by atoms with Crippen molar-refractivity contribution in [3.05, 3.63) is 23.7 Å². The fourth-order valence-electron chi connectivity index (χ4n) is 1.04. The number of rotatable bonds is 4. The molecule has 82 valence electrons. The lowest BCUT2D eigenvalue weighted by Crippen LogP contribution is -2.20. The van der Waals surface area contributed by atoms with Gasteiger partial charge < -0.3 is 14.5 Å². The predicted molar refractivity (Wildman–Crippen MR) is 52.4 cm³/mol. The van der Waals surface area contributed by atoms with E-state index in [1.54, 1.807) is 6.92 Å². The number of furan rings is 1. The number of hydrogen-bond donors (Lipinski definition) is 1. The first kappa shape index (κ1) is 11.3. The van der Waals surface area contributed by atoms with Crippen LogP contribution in [0.1, 0.15) is 22.5 Å². The summed E-state index contributed by atoms with van der Waals surface area (Å²) in [5, 5.41) is 2.44. The Morgan fingerprint density at radius 3 is 2.80 bits per heavy atom. The zero-order valence-corrected chi connectivity index (χ0v) is 8.70. The monoisotopic (exact) mass is 211 g/mol. The molecule has 0 saturated carbocycles. The van der Waals surface area contributed by atoms with Crippen molar-refractivity contribution in [1.82, 2.24) is 5.32 Å². The van der Waals surface area contributed by atoms with Gasteiger partial charge in [-0.2, -0.15) is 0 Å². The molecular weight excluding hydrogens is 198 g/mol. The summed E-state index contributed by atoms with van der Waals surface area (Å²) >= 11 is 0. The number of nitrogens with one attached hydrogen (secondary N) is 1. The summed E-state index contributed by atoms with van der Waals surface area (Å²) in [5.74, 6) is -0.114. The van der Waals surface area contributed by atoms with E-state index in [0.29, 0.717) is 11.3 Å². The molecule has 0 atom stereocenters. The minimum atomic E-state index is -0.467. The number of hydrogen-bond acceptors (Lipinski definition) is 4. The van der Waals surface area contributed by atoms with E-state index in [4.69, 9.17) is 9.15 Å². The van der Waals surface area contributed by atoms with E-state index in [-0.39, 0.29) is 18.9 Å². The third-order valence-corrected chi connectivity index (χ3v) is 1.92. The van der Waals surface area contributed by atoms with Gasteiger partial charge in [-0.15, -0.1) is 0 Å². The molecule has 1 aromatic heterocycles. The lowest BCUT2D eigenvalue weighted by Gasteiger charge is -2.02. The lowest BCUT2D eigenvalue weighted by molar-refractivity contribution is -0.121. The van der Waals surface area contributed by atoms with Gasteiger partial charge in [-0.3, -0.25) is 4.79 Å². The summed E-state index contributed by atoms with van der Waals surface area (Å²) in [5.41, 5.74) is 0.395. The Morgan fingerprint density at radius 2 is 2.27 bits per heavy atom. The van der Waals surface area contributed by atoms with Gasteiger partial charge in [-0.25, -0.2) is 4.79 Å². The summed E-state index contributed by atoms with van der Waals surface area (Å²) in [6.45, 7) is 1.75. The summed E-state index contributed by atoms with van der Waals surface area (Å²) in [4.78, 5) is 22.2. The Bertz CT molecular complexity index is 356. The van der Waals surface area contributed by atoms with Crippen LogP contribution in [0.2, 0.25) is 0 Å². The predicted octanol–water partition coefficient (Wildman–Crippen LogP) is 0.881. The van der Waals surface area contributed by atoms with E-state index in [2.05, 4.69) is 5.32 Å². The maximum absolute atomic E-state index is 11.4. The molecule has 15 heavy (non-hydrogen) atoms. The van der Waals surface area contributed by atoms with Crippen molar-refractivity contribution >= 4 is 11.9 Å². The van der Waals surface area contributed by atoms with Gasteiger partial charge in [0.25, 0.3) is 0 Å². The quantitative estimate of drug-likeness (QED) is 0.750. The van der Waals surface area contributed by atoms with Gasteiger partial charge in [0.2, 0.25) is 5.91 Å². The zero-order chi connectivity index (χ0) is 11.3. The second-order valence-corrected chi connectivity index (χ2v) is 2.95. The van der Waals surface area contributed by atoms with Gasteiger partial charge in [0.1, 0.15) is 17.9 Å². The molecule has 1 rings (SSSR count). The molecule has 0 aliphatic carbocycles. The Morgan fingerprint density at radius 1 is 1.53 bits per heavy atom. The zero-order valence-electron chi connectivity index (χ0n) is 8.70. The molecule has 0 spiro atoms. The highest BCUT2D eigenvalue weighted by Gasteiger charge is 2.12. The molecular formula is C10H13NO4. The maximum Gasteiger partial charge on any atom is 0.341 e. The first-order valence-corrected chi connectivity index (χ1v) is 4.57. The standard InChI is InChI=1S/C10H13NO4/c1-7-8(3-5-14-7)10(13)15-6-4-9(12)11-2/h3,5H,4,6H2,1-2H3,(H,11,12). The van der Waals surface area contributed by atoms with E-state index in [1.165, 1.54) is 19.4 Å². The molecule has 0 radical (unpaired) electrons. The normalized spacial score (nSPS) is 9.73. The number of ether oxygens (including phenoxy) is 1. The summed E-state index contributed by atoms with van der Waals surface area (Å²) in [6.07, 6.45) is 1.59. The first-order valence-electron chi connectivity index (χ1n) is 4.57. The fourth-order valence-corrected chi connectivity index (χ4v) is 1.04. The number of carbonyl (C=O) groups excluding carboxylic acids is 2. The molecule has 5 heteroatoms. The van der Waals surface area contributed by atoms with Gasteiger partial charge in [0.05, 0.1) is 12.7 Å². The van der Waals surface area contributed by atoms with Crippen LogP contribution in [0.3, 0.4) is 0 Å². The Balaban J connectivity index is 2.38. The summed E-state index contributed by atoms with van der Waals surface area (Å²) in [7, 11) is 1.53. The number of esters is 1. The molecule has 0 fully saturated rings. The first-order chi connectivity index (χ1) is 7.15. The van der Waals surface area contributed by atoms with Crippen molar-refractivity contribution in [2.24, 2.45) is 0 Å². The minimum Gasteiger partial charge on any atom is -0.469 e. The fraction of sp³-hybridized carbons (Fsp3) is 0.400. The van der Waals surface area contributed by atoms with Crippen molar-refractivity contribution in [2.75, 3.05) is 13.7 Å². The van der Waals surface area contributed by atoms with Crippen LogP contribution < -0.4 is 5.32 Å². The van der Waals surface area contributed by atoms with Crippen LogP contribution in [0.4, 0.5) is 0 Å². The van der Waals surface area contributed by atoms with Gasteiger partial charge in [0.15, 0.2) is 0 Å². The van der Waals surface area contributed by atoms with Crippen LogP contribution in [-0.4, -0.2) is 25.5 Å². The number of carbonyl (C=O) groups is 2. The second-order valence-electron chi connectivity index (χ2n) is 2.95. The molecule has 1 amide bonds. The van der Waals surface area contributed by atoms with E-state index < -0.39 is 5.97 Å².